The monoisotopic (exact) mass is 419 g/mol. The lowest BCUT2D eigenvalue weighted by Crippen LogP contribution is -2.14. The molecular weight excluding hydrogens is 402 g/mol. The van der Waals surface area contributed by atoms with Crippen molar-refractivity contribution in [3.05, 3.63) is 89.7 Å². The van der Waals surface area contributed by atoms with E-state index in [4.69, 9.17) is 16.3 Å². The average Bonchev–Trinajstić information content (AvgIpc) is 3.17. The van der Waals surface area contributed by atoms with Gasteiger partial charge in [0, 0.05) is 29.2 Å². The topological polar surface area (TPSA) is 81.9 Å². The number of aromatic nitrogens is 4. The molecule has 2 heterocycles. The third-order valence-electron chi connectivity index (χ3n) is 4.34. The molecule has 2 aromatic heterocycles. The zero-order valence-electron chi connectivity index (χ0n) is 16.1. The number of hydrogen-bond acceptors (Lipinski definition) is 5. The van der Waals surface area contributed by atoms with Gasteiger partial charge in [0.05, 0.1) is 6.42 Å². The molecule has 4 aromatic rings. The molecule has 1 amide bonds. The van der Waals surface area contributed by atoms with Crippen molar-refractivity contribution in [2.75, 3.05) is 5.32 Å². The van der Waals surface area contributed by atoms with E-state index in [2.05, 4.69) is 20.3 Å². The van der Waals surface area contributed by atoms with Crippen molar-refractivity contribution >= 4 is 23.2 Å². The molecular formula is C22H18ClN5O2. The molecule has 0 aliphatic heterocycles. The first kappa shape index (κ1) is 19.6. The van der Waals surface area contributed by atoms with E-state index in [0.717, 1.165) is 11.4 Å². The summed E-state index contributed by atoms with van der Waals surface area (Å²) in [6.07, 6.45) is 5.24. The van der Waals surface area contributed by atoms with Crippen LogP contribution in [0.1, 0.15) is 11.4 Å². The van der Waals surface area contributed by atoms with Crippen LogP contribution in [0.15, 0.2) is 73.3 Å². The summed E-state index contributed by atoms with van der Waals surface area (Å²) < 4.78 is 7.65. The lowest BCUT2D eigenvalue weighted by molar-refractivity contribution is -0.115. The molecule has 0 aliphatic rings. The quantitative estimate of drug-likeness (QED) is 0.494. The minimum atomic E-state index is -0.109. The summed E-state index contributed by atoms with van der Waals surface area (Å²) in [6, 6.07) is 16.0. The predicted octanol–water partition coefficient (Wildman–Crippen LogP) is 4.60. The highest BCUT2D eigenvalue weighted by atomic mass is 35.5. The molecule has 30 heavy (non-hydrogen) atoms. The Balaban J connectivity index is 1.38. The second-order valence-electron chi connectivity index (χ2n) is 6.54. The van der Waals surface area contributed by atoms with E-state index >= 15 is 0 Å². The highest BCUT2D eigenvalue weighted by molar-refractivity contribution is 6.30. The van der Waals surface area contributed by atoms with Crippen LogP contribution < -0.4 is 10.1 Å². The van der Waals surface area contributed by atoms with Gasteiger partial charge in [-0.3, -0.25) is 9.36 Å². The zero-order valence-corrected chi connectivity index (χ0v) is 16.9. The molecule has 0 saturated heterocycles. The summed E-state index contributed by atoms with van der Waals surface area (Å²) in [6.45, 7) is 1.89. The van der Waals surface area contributed by atoms with Crippen LogP contribution >= 0.6 is 11.6 Å². The number of imidazole rings is 1. The molecule has 0 aliphatic carbocycles. The van der Waals surface area contributed by atoms with Crippen molar-refractivity contribution in [1.82, 2.24) is 19.5 Å². The molecule has 0 fully saturated rings. The van der Waals surface area contributed by atoms with Crippen molar-refractivity contribution in [3.8, 4) is 17.4 Å². The van der Waals surface area contributed by atoms with Crippen LogP contribution in [0, 0.1) is 6.92 Å². The van der Waals surface area contributed by atoms with E-state index in [9.17, 15) is 4.79 Å². The minimum absolute atomic E-state index is 0.109. The molecule has 0 spiro atoms. The number of nitrogens with zero attached hydrogens (tertiary/aromatic N) is 4. The van der Waals surface area contributed by atoms with Crippen LogP contribution in [0.5, 0.6) is 11.6 Å². The summed E-state index contributed by atoms with van der Waals surface area (Å²) in [5.74, 6) is 2.38. The van der Waals surface area contributed by atoms with Gasteiger partial charge in [-0.05, 0) is 48.9 Å². The maximum atomic E-state index is 12.2. The Morgan fingerprint density at radius 3 is 2.53 bits per heavy atom. The number of rotatable bonds is 6. The molecule has 0 saturated carbocycles. The van der Waals surface area contributed by atoms with Crippen molar-refractivity contribution in [3.63, 3.8) is 0 Å². The molecule has 8 heteroatoms. The van der Waals surface area contributed by atoms with E-state index in [1.807, 2.05) is 29.8 Å². The number of carbonyl (C=O) groups is 1. The van der Waals surface area contributed by atoms with E-state index < -0.39 is 0 Å². The Morgan fingerprint density at radius 1 is 1.07 bits per heavy atom. The van der Waals surface area contributed by atoms with Gasteiger partial charge < -0.3 is 10.1 Å². The smallest absolute Gasteiger partial charge is 0.228 e. The third kappa shape index (κ3) is 4.82. The minimum Gasteiger partial charge on any atom is -0.439 e. The molecule has 0 radical (unpaired) electrons. The largest absolute Gasteiger partial charge is 0.439 e. The highest BCUT2D eigenvalue weighted by Gasteiger charge is 2.07. The molecule has 0 bridgehead atoms. The number of ether oxygens (including phenoxy) is 1. The SMILES string of the molecule is Cc1nccn1-c1cc(Oc2ccc(NC(=O)Cc3ccc(Cl)cc3)cc2)ncn1. The average molecular weight is 420 g/mol. The van der Waals surface area contributed by atoms with Crippen LogP contribution in [0.3, 0.4) is 0 Å². The molecule has 4 rings (SSSR count). The van der Waals surface area contributed by atoms with Crippen LogP contribution in [0.4, 0.5) is 5.69 Å². The van der Waals surface area contributed by atoms with Crippen molar-refractivity contribution in [1.29, 1.82) is 0 Å². The normalized spacial score (nSPS) is 10.6. The van der Waals surface area contributed by atoms with Crippen molar-refractivity contribution in [2.45, 2.75) is 13.3 Å². The lowest BCUT2D eigenvalue weighted by atomic mass is 10.1. The Hall–Kier alpha value is -3.71. The molecule has 0 atom stereocenters. The van der Waals surface area contributed by atoms with E-state index in [0.29, 0.717) is 28.2 Å². The van der Waals surface area contributed by atoms with Crippen LogP contribution in [-0.4, -0.2) is 25.4 Å². The highest BCUT2D eigenvalue weighted by Crippen LogP contribution is 2.23. The Bertz CT molecular complexity index is 1160. The van der Waals surface area contributed by atoms with Crippen LogP contribution in [0.2, 0.25) is 5.02 Å². The maximum Gasteiger partial charge on any atom is 0.228 e. The molecule has 150 valence electrons. The number of hydrogen-bond donors (Lipinski definition) is 1. The Labute approximate surface area is 178 Å². The molecule has 1 N–H and O–H groups in total. The first-order chi connectivity index (χ1) is 14.6. The number of halogens is 1. The summed E-state index contributed by atoms with van der Waals surface area (Å²) in [5.41, 5.74) is 1.57. The van der Waals surface area contributed by atoms with Gasteiger partial charge in [0.1, 0.15) is 23.7 Å². The van der Waals surface area contributed by atoms with Gasteiger partial charge in [0.2, 0.25) is 11.8 Å². The number of benzene rings is 2. The van der Waals surface area contributed by atoms with Gasteiger partial charge >= 0.3 is 0 Å². The number of aryl methyl sites for hydroxylation is 1. The zero-order chi connectivity index (χ0) is 20.9. The van der Waals surface area contributed by atoms with Gasteiger partial charge in [0.25, 0.3) is 0 Å². The number of carbonyl (C=O) groups excluding carboxylic acids is 1. The Morgan fingerprint density at radius 2 is 1.83 bits per heavy atom. The first-order valence-corrected chi connectivity index (χ1v) is 9.59. The first-order valence-electron chi connectivity index (χ1n) is 9.21. The van der Waals surface area contributed by atoms with Crippen LogP contribution in [-0.2, 0) is 11.2 Å². The van der Waals surface area contributed by atoms with Gasteiger partial charge in [-0.2, -0.15) is 0 Å². The fraction of sp³-hybridized carbons (Fsp3) is 0.0909. The van der Waals surface area contributed by atoms with Crippen LogP contribution in [0.25, 0.3) is 5.82 Å². The molecule has 2 aromatic carbocycles. The number of nitrogens with one attached hydrogen (secondary N) is 1. The van der Waals surface area contributed by atoms with E-state index in [1.54, 1.807) is 48.7 Å². The van der Waals surface area contributed by atoms with Gasteiger partial charge in [0.15, 0.2) is 0 Å². The third-order valence-corrected chi connectivity index (χ3v) is 4.59. The fourth-order valence-corrected chi connectivity index (χ4v) is 2.98. The fourth-order valence-electron chi connectivity index (χ4n) is 2.86. The van der Waals surface area contributed by atoms with Gasteiger partial charge in [-0.25, -0.2) is 15.0 Å². The predicted molar refractivity (Wildman–Crippen MR) is 114 cm³/mol. The molecule has 7 nitrogen and oxygen atoms in total. The van der Waals surface area contributed by atoms with Gasteiger partial charge in [-0.1, -0.05) is 23.7 Å². The summed E-state index contributed by atoms with van der Waals surface area (Å²) in [7, 11) is 0. The van der Waals surface area contributed by atoms with Crippen molar-refractivity contribution in [2.24, 2.45) is 0 Å². The summed E-state index contributed by atoms with van der Waals surface area (Å²) in [5, 5.41) is 3.51. The standard InChI is InChI=1S/C22H18ClN5O2/c1-15-24-10-11-28(15)20-13-22(26-14-25-20)30-19-8-6-18(7-9-19)27-21(29)12-16-2-4-17(23)5-3-16/h2-11,13-14H,12H2,1H3,(H,27,29). The number of anilines is 1. The van der Waals surface area contributed by atoms with Gasteiger partial charge in [-0.15, -0.1) is 0 Å². The lowest BCUT2D eigenvalue weighted by Gasteiger charge is -2.09. The second kappa shape index (κ2) is 8.75. The summed E-state index contributed by atoms with van der Waals surface area (Å²) in [4.78, 5) is 24.8. The van der Waals surface area contributed by atoms with E-state index in [1.165, 1.54) is 6.33 Å². The maximum absolute atomic E-state index is 12.2. The second-order valence-corrected chi connectivity index (χ2v) is 6.97. The van der Waals surface area contributed by atoms with E-state index in [-0.39, 0.29) is 12.3 Å². The molecule has 0 unspecified atom stereocenters. The summed E-state index contributed by atoms with van der Waals surface area (Å²) >= 11 is 5.87. The van der Waals surface area contributed by atoms with Crippen molar-refractivity contribution < 1.29 is 9.53 Å². The number of amides is 1. The Kier molecular flexibility index (Phi) is 5.72.